The number of anilines is 1. The average Bonchev–Trinajstić information content (AvgIpc) is 3.01. The van der Waals surface area contributed by atoms with Gasteiger partial charge in [-0.2, -0.15) is 0 Å². The zero-order valence-corrected chi connectivity index (χ0v) is 16.7. The summed E-state index contributed by atoms with van der Waals surface area (Å²) in [5.74, 6) is -0.320. The highest BCUT2D eigenvalue weighted by Crippen LogP contribution is 2.38. The number of fused-ring (bicyclic) bond motifs is 2. The van der Waals surface area contributed by atoms with E-state index in [2.05, 4.69) is 18.2 Å². The lowest BCUT2D eigenvalue weighted by Gasteiger charge is -2.12. The number of benzene rings is 4. The molecule has 0 aliphatic carbocycles. The number of thioether (sulfide) groups is 1. The number of rotatable bonds is 2. The molecule has 0 bridgehead atoms. The van der Waals surface area contributed by atoms with Crippen molar-refractivity contribution in [2.75, 3.05) is 4.90 Å². The van der Waals surface area contributed by atoms with Crippen LogP contribution >= 0.6 is 23.4 Å². The van der Waals surface area contributed by atoms with Crippen molar-refractivity contribution in [3.8, 4) is 0 Å². The van der Waals surface area contributed by atoms with Gasteiger partial charge in [0.1, 0.15) is 0 Å². The number of nitrogens with zero attached hydrogens (tertiary/aromatic N) is 1. The Morgan fingerprint density at radius 1 is 0.793 bits per heavy atom. The van der Waals surface area contributed by atoms with Crippen molar-refractivity contribution in [3.63, 3.8) is 0 Å². The van der Waals surface area contributed by atoms with E-state index in [9.17, 15) is 9.59 Å². The van der Waals surface area contributed by atoms with Gasteiger partial charge in [0.25, 0.3) is 11.1 Å². The molecule has 0 atom stereocenters. The summed E-state index contributed by atoms with van der Waals surface area (Å²) in [5.41, 5.74) is 1.46. The third kappa shape index (κ3) is 3.11. The first-order chi connectivity index (χ1) is 14.1. The Morgan fingerprint density at radius 3 is 2.00 bits per heavy atom. The van der Waals surface area contributed by atoms with E-state index in [0.29, 0.717) is 15.6 Å². The Labute approximate surface area is 176 Å². The lowest BCUT2D eigenvalue weighted by Crippen LogP contribution is -2.27. The van der Waals surface area contributed by atoms with Crippen molar-refractivity contribution in [1.29, 1.82) is 0 Å². The molecule has 0 N–H and O–H groups in total. The maximum Gasteiger partial charge on any atom is 0.298 e. The monoisotopic (exact) mass is 415 g/mol. The molecule has 1 fully saturated rings. The Morgan fingerprint density at radius 2 is 1.38 bits per heavy atom. The molecule has 5 rings (SSSR count). The van der Waals surface area contributed by atoms with Crippen LogP contribution in [0, 0.1) is 0 Å². The van der Waals surface area contributed by atoms with E-state index >= 15 is 0 Å². The molecule has 5 heteroatoms. The molecule has 1 saturated heterocycles. The van der Waals surface area contributed by atoms with Gasteiger partial charge in [0.15, 0.2) is 0 Å². The van der Waals surface area contributed by atoms with Gasteiger partial charge in [0.05, 0.1) is 10.6 Å². The van der Waals surface area contributed by atoms with E-state index in [1.54, 1.807) is 24.3 Å². The molecule has 0 unspecified atom stereocenters. The molecule has 29 heavy (non-hydrogen) atoms. The van der Waals surface area contributed by atoms with E-state index in [1.807, 2.05) is 42.5 Å². The summed E-state index contributed by atoms with van der Waals surface area (Å²) in [5, 5.41) is 4.52. The number of carbonyl (C=O) groups is 2. The minimum Gasteiger partial charge on any atom is -0.268 e. The van der Waals surface area contributed by atoms with Crippen LogP contribution in [-0.2, 0) is 4.79 Å². The van der Waals surface area contributed by atoms with Crippen molar-refractivity contribution in [2.24, 2.45) is 0 Å². The predicted molar refractivity (Wildman–Crippen MR) is 121 cm³/mol. The predicted octanol–water partition coefficient (Wildman–Crippen LogP) is 6.89. The molecule has 2 amide bonds. The fourth-order valence-electron chi connectivity index (χ4n) is 3.62. The topological polar surface area (TPSA) is 37.4 Å². The Balaban J connectivity index is 1.67. The summed E-state index contributed by atoms with van der Waals surface area (Å²) in [6, 6.07) is 25.0. The highest BCUT2D eigenvalue weighted by Gasteiger charge is 2.36. The van der Waals surface area contributed by atoms with Crippen molar-refractivity contribution in [1.82, 2.24) is 0 Å². The van der Waals surface area contributed by atoms with Gasteiger partial charge in [0.2, 0.25) is 0 Å². The van der Waals surface area contributed by atoms with Gasteiger partial charge in [-0.25, -0.2) is 4.90 Å². The maximum absolute atomic E-state index is 13.1. The van der Waals surface area contributed by atoms with E-state index in [4.69, 9.17) is 11.6 Å². The molecule has 4 aromatic carbocycles. The molecule has 3 nitrogen and oxygen atoms in total. The van der Waals surface area contributed by atoms with Gasteiger partial charge in [-0.1, -0.05) is 60.1 Å². The molecule has 0 radical (unpaired) electrons. The van der Waals surface area contributed by atoms with E-state index in [1.165, 1.54) is 4.90 Å². The van der Waals surface area contributed by atoms with Gasteiger partial charge in [-0.3, -0.25) is 9.59 Å². The van der Waals surface area contributed by atoms with E-state index in [-0.39, 0.29) is 11.1 Å². The van der Waals surface area contributed by atoms with Crippen LogP contribution in [0.5, 0.6) is 0 Å². The zero-order chi connectivity index (χ0) is 20.0. The molecule has 0 saturated carbocycles. The van der Waals surface area contributed by atoms with Gasteiger partial charge < -0.3 is 0 Å². The first-order valence-corrected chi connectivity index (χ1v) is 10.3. The van der Waals surface area contributed by atoms with Crippen LogP contribution in [0.3, 0.4) is 0 Å². The zero-order valence-electron chi connectivity index (χ0n) is 15.1. The summed E-state index contributed by atoms with van der Waals surface area (Å²) in [6.45, 7) is 0. The van der Waals surface area contributed by atoms with Gasteiger partial charge in [-0.05, 0) is 75.3 Å². The van der Waals surface area contributed by atoms with Gasteiger partial charge in [0, 0.05) is 5.02 Å². The maximum atomic E-state index is 13.1. The quantitative estimate of drug-likeness (QED) is 0.264. The van der Waals surface area contributed by atoms with Crippen LogP contribution in [0.4, 0.5) is 10.5 Å². The van der Waals surface area contributed by atoms with Crippen LogP contribution in [0.1, 0.15) is 5.56 Å². The lowest BCUT2D eigenvalue weighted by atomic mass is 9.96. The lowest BCUT2D eigenvalue weighted by molar-refractivity contribution is -0.113. The highest BCUT2D eigenvalue weighted by molar-refractivity contribution is 8.19. The highest BCUT2D eigenvalue weighted by atomic mass is 35.5. The number of amides is 2. The largest absolute Gasteiger partial charge is 0.298 e. The summed E-state index contributed by atoms with van der Waals surface area (Å²) in [4.78, 5) is 27.3. The Bertz CT molecular complexity index is 1270. The minimum absolute atomic E-state index is 0.312. The third-order valence-corrected chi connectivity index (χ3v) is 6.09. The second kappa shape index (κ2) is 7.07. The number of imide groups is 1. The summed E-state index contributed by atoms with van der Waals surface area (Å²) in [7, 11) is 0. The normalized spacial score (nSPS) is 15.8. The van der Waals surface area contributed by atoms with E-state index in [0.717, 1.165) is 38.9 Å². The Hall–Kier alpha value is -3.08. The number of hydrogen-bond donors (Lipinski definition) is 0. The number of hydrogen-bond acceptors (Lipinski definition) is 3. The SMILES string of the molecule is O=C1S/C(=C/c2c3ccccc3cc3ccccc23)C(=O)N1c1ccc(Cl)cc1. The van der Waals surface area contributed by atoms with Crippen LogP contribution in [0.2, 0.25) is 5.02 Å². The smallest absolute Gasteiger partial charge is 0.268 e. The van der Waals surface area contributed by atoms with Crippen LogP contribution in [0.15, 0.2) is 83.8 Å². The van der Waals surface area contributed by atoms with E-state index < -0.39 is 0 Å². The first-order valence-electron chi connectivity index (χ1n) is 9.06. The molecule has 1 heterocycles. The average molecular weight is 416 g/mol. The van der Waals surface area contributed by atoms with Crippen LogP contribution in [-0.4, -0.2) is 11.1 Å². The van der Waals surface area contributed by atoms with Crippen molar-refractivity contribution < 1.29 is 9.59 Å². The summed E-state index contributed by atoms with van der Waals surface area (Å²) >= 11 is 6.89. The molecule has 1 aliphatic rings. The molecule has 1 aliphatic heterocycles. The van der Waals surface area contributed by atoms with Crippen LogP contribution in [0.25, 0.3) is 27.6 Å². The summed E-state index contributed by atoms with van der Waals surface area (Å²) < 4.78 is 0. The van der Waals surface area contributed by atoms with Gasteiger partial charge >= 0.3 is 0 Å². The fourth-order valence-corrected chi connectivity index (χ4v) is 4.57. The summed E-state index contributed by atoms with van der Waals surface area (Å²) in [6.07, 6.45) is 1.84. The van der Waals surface area contributed by atoms with Crippen molar-refractivity contribution in [2.45, 2.75) is 0 Å². The van der Waals surface area contributed by atoms with Crippen molar-refractivity contribution >= 4 is 67.8 Å². The van der Waals surface area contributed by atoms with Crippen LogP contribution < -0.4 is 4.90 Å². The second-order valence-electron chi connectivity index (χ2n) is 6.73. The molecule has 0 spiro atoms. The fraction of sp³-hybridized carbons (Fsp3) is 0. The van der Waals surface area contributed by atoms with Crippen molar-refractivity contribution in [3.05, 3.63) is 94.4 Å². The number of carbonyl (C=O) groups excluding carboxylic acids is 2. The molecule has 0 aromatic heterocycles. The number of halogens is 1. The standard InChI is InChI=1S/C24H14ClNO2S/c25-17-9-11-18(12-10-17)26-23(27)22(29-24(26)28)14-21-19-7-3-1-5-15(19)13-16-6-2-4-8-20(16)21/h1-14H/b22-14+. The minimum atomic E-state index is -0.320. The molecule has 140 valence electrons. The Kier molecular flexibility index (Phi) is 4.38. The molecular weight excluding hydrogens is 402 g/mol. The van der Waals surface area contributed by atoms with Gasteiger partial charge in [-0.15, -0.1) is 0 Å². The third-order valence-electron chi connectivity index (χ3n) is 4.97. The molecular formula is C24H14ClNO2S. The molecule has 4 aromatic rings. The second-order valence-corrected chi connectivity index (χ2v) is 8.16. The first kappa shape index (κ1) is 18.0.